The van der Waals surface area contributed by atoms with Crippen molar-refractivity contribution < 1.29 is 28.7 Å². The molecular formula is C46H46ClN7O6. The molecule has 1 saturated carbocycles. The van der Waals surface area contributed by atoms with Gasteiger partial charge in [0.15, 0.2) is 0 Å². The molecule has 60 heavy (non-hydrogen) atoms. The summed E-state index contributed by atoms with van der Waals surface area (Å²) in [6.45, 7) is 20.8. The van der Waals surface area contributed by atoms with Gasteiger partial charge in [-0.05, 0) is 80.7 Å². The molecule has 4 fully saturated rings. The second kappa shape index (κ2) is 14.8. The molecule has 6 aliphatic rings. The zero-order valence-corrected chi connectivity index (χ0v) is 34.8. The molecule has 14 heteroatoms. The lowest BCUT2D eigenvalue weighted by molar-refractivity contribution is -0.199. The third-order valence-corrected chi connectivity index (χ3v) is 13.7. The van der Waals surface area contributed by atoms with Gasteiger partial charge in [-0.25, -0.2) is 9.83 Å². The predicted molar refractivity (Wildman–Crippen MR) is 222 cm³/mol. The number of likely N-dealkylation sites (tertiary alicyclic amines) is 1. The first-order valence-corrected chi connectivity index (χ1v) is 21.0. The van der Waals surface area contributed by atoms with Gasteiger partial charge in [0.2, 0.25) is 17.5 Å². The number of hydrogen-bond donors (Lipinski definition) is 1. The zero-order valence-electron chi connectivity index (χ0n) is 34.1. The fraction of sp³-hybridized carbons (Fsp3) is 0.457. The molecule has 3 aromatic rings. The molecule has 0 spiro atoms. The molecule has 1 N–H and O–H groups in total. The van der Waals surface area contributed by atoms with Gasteiger partial charge in [0.1, 0.15) is 23.6 Å². The molecule has 1 atom stereocenters. The Bertz CT molecular complexity index is 2450. The summed E-state index contributed by atoms with van der Waals surface area (Å²) in [4.78, 5) is 80.1. The molecule has 0 radical (unpaired) electrons. The predicted octanol–water partition coefficient (Wildman–Crippen LogP) is 5.72. The monoisotopic (exact) mass is 827 g/mol. The van der Waals surface area contributed by atoms with Crippen LogP contribution >= 0.6 is 11.6 Å². The van der Waals surface area contributed by atoms with E-state index in [9.17, 15) is 24.0 Å². The van der Waals surface area contributed by atoms with Crippen LogP contribution in [0.2, 0.25) is 5.02 Å². The summed E-state index contributed by atoms with van der Waals surface area (Å²) in [5, 5.41) is 2.59. The minimum Gasteiger partial charge on any atom is -0.489 e. The highest BCUT2D eigenvalue weighted by Crippen LogP contribution is 2.59. The molecular weight excluding hydrogens is 782 g/mol. The number of nitrogens with zero attached hydrogens (tertiary/aromatic N) is 6. The number of amides is 5. The van der Waals surface area contributed by atoms with Crippen LogP contribution in [0.25, 0.3) is 4.85 Å². The van der Waals surface area contributed by atoms with Crippen LogP contribution in [-0.4, -0.2) is 100 Å². The molecule has 1 aliphatic carbocycles. The molecule has 6 heterocycles. The van der Waals surface area contributed by atoms with Crippen molar-refractivity contribution in [3.63, 3.8) is 0 Å². The molecule has 308 valence electrons. The lowest BCUT2D eigenvalue weighted by Gasteiger charge is -2.65. The summed E-state index contributed by atoms with van der Waals surface area (Å²) in [5.74, 6) is 6.11. The third kappa shape index (κ3) is 6.68. The lowest BCUT2D eigenvalue weighted by atomic mass is 9.49. The van der Waals surface area contributed by atoms with E-state index in [-0.39, 0.29) is 53.2 Å². The van der Waals surface area contributed by atoms with Crippen molar-refractivity contribution in [1.82, 2.24) is 25.0 Å². The van der Waals surface area contributed by atoms with E-state index in [1.807, 2.05) is 23.1 Å². The van der Waals surface area contributed by atoms with E-state index in [1.165, 1.54) is 0 Å². The Morgan fingerprint density at radius 1 is 0.900 bits per heavy atom. The van der Waals surface area contributed by atoms with Crippen molar-refractivity contribution in [2.75, 3.05) is 37.6 Å². The van der Waals surface area contributed by atoms with Crippen LogP contribution in [0.4, 0.5) is 11.4 Å². The third-order valence-electron chi connectivity index (χ3n) is 13.4. The van der Waals surface area contributed by atoms with Gasteiger partial charge in [-0.2, -0.15) is 0 Å². The van der Waals surface area contributed by atoms with Crippen LogP contribution < -0.4 is 15.0 Å². The number of carbonyl (C=O) groups excluding carboxylic acids is 5. The second-order valence-corrected chi connectivity index (χ2v) is 18.6. The number of nitrogens with one attached hydrogen (secondary N) is 1. The fourth-order valence-corrected chi connectivity index (χ4v) is 11.1. The van der Waals surface area contributed by atoms with E-state index in [0.29, 0.717) is 45.7 Å². The normalized spacial score (nSPS) is 24.8. The molecule has 9 rings (SSSR count). The first-order valence-electron chi connectivity index (χ1n) is 20.6. The van der Waals surface area contributed by atoms with Crippen LogP contribution in [0.1, 0.15) is 95.8 Å². The van der Waals surface area contributed by atoms with Crippen molar-refractivity contribution >= 4 is 52.5 Å². The van der Waals surface area contributed by atoms with Crippen LogP contribution in [0, 0.1) is 41.1 Å². The van der Waals surface area contributed by atoms with E-state index in [0.717, 1.165) is 61.8 Å². The quantitative estimate of drug-likeness (QED) is 0.180. The average Bonchev–Trinajstić information content (AvgIpc) is 3.64. The number of ether oxygens (including phenoxy) is 1. The van der Waals surface area contributed by atoms with Crippen LogP contribution in [0.3, 0.4) is 0 Å². The number of carbonyl (C=O) groups is 5. The number of imide groups is 2. The second-order valence-electron chi connectivity index (χ2n) is 18.2. The largest absolute Gasteiger partial charge is 0.489 e. The van der Waals surface area contributed by atoms with Gasteiger partial charge in [0, 0.05) is 60.5 Å². The topological polar surface area (TPSA) is 137 Å². The molecule has 3 saturated heterocycles. The van der Waals surface area contributed by atoms with Crippen molar-refractivity contribution in [2.45, 2.75) is 78.1 Å². The first-order chi connectivity index (χ1) is 28.6. The van der Waals surface area contributed by atoms with Crippen molar-refractivity contribution in [2.24, 2.45) is 22.7 Å². The van der Waals surface area contributed by atoms with Crippen molar-refractivity contribution in [1.29, 1.82) is 0 Å². The summed E-state index contributed by atoms with van der Waals surface area (Å²) < 4.78 is 6.47. The number of rotatable bonds is 7. The molecule has 2 aromatic carbocycles. The van der Waals surface area contributed by atoms with Gasteiger partial charge in [-0.1, -0.05) is 51.3 Å². The Morgan fingerprint density at radius 2 is 1.62 bits per heavy atom. The molecule has 1 unspecified atom stereocenters. The maximum absolute atomic E-state index is 13.8. The number of fused-ring (bicyclic) bond motifs is 2. The summed E-state index contributed by atoms with van der Waals surface area (Å²) in [7, 11) is 0. The number of anilines is 1. The Morgan fingerprint density at radius 3 is 2.32 bits per heavy atom. The zero-order chi connectivity index (χ0) is 42.2. The number of aromatic nitrogens is 1. The van der Waals surface area contributed by atoms with Gasteiger partial charge in [-0.3, -0.25) is 34.2 Å². The van der Waals surface area contributed by atoms with Crippen molar-refractivity contribution in [3.8, 4) is 17.6 Å². The maximum Gasteiger partial charge on any atom is 0.262 e. The van der Waals surface area contributed by atoms with E-state index < -0.39 is 29.7 Å². The Kier molecular flexibility index (Phi) is 9.76. The van der Waals surface area contributed by atoms with E-state index >= 15 is 0 Å². The first kappa shape index (κ1) is 39.7. The average molecular weight is 828 g/mol. The number of hydrogen-bond acceptors (Lipinski definition) is 9. The fourth-order valence-electron chi connectivity index (χ4n) is 10.8. The number of pyridine rings is 1. The highest BCUT2D eigenvalue weighted by atomic mass is 35.5. The van der Waals surface area contributed by atoms with Crippen LogP contribution in [0.15, 0.2) is 48.5 Å². The van der Waals surface area contributed by atoms with E-state index in [4.69, 9.17) is 27.9 Å². The smallest absolute Gasteiger partial charge is 0.262 e. The molecule has 5 amide bonds. The minimum atomic E-state index is -0.976. The summed E-state index contributed by atoms with van der Waals surface area (Å²) >= 11 is 6.29. The van der Waals surface area contributed by atoms with E-state index in [2.05, 4.69) is 59.5 Å². The Labute approximate surface area is 354 Å². The Balaban J connectivity index is 0.755. The summed E-state index contributed by atoms with van der Waals surface area (Å²) in [5.41, 5.74) is 3.18. The molecule has 0 bridgehead atoms. The SMILES string of the molecule is [C-]#[N+]c1ccc(OC2C(C)(C)C(N3Cc4nc(C#CC5CCN(CC6CN(c7ccc8c(c7)C(=O)N(C7CCC(=O)NC7=O)C8=O)C6)CC5)ccc4C3=O)C2(C)C)cc1Cl. The molecule has 1 aromatic heterocycles. The van der Waals surface area contributed by atoms with E-state index in [1.54, 1.807) is 30.3 Å². The van der Waals surface area contributed by atoms with Gasteiger partial charge in [0.25, 0.3) is 17.7 Å². The van der Waals surface area contributed by atoms with Gasteiger partial charge in [-0.15, -0.1) is 0 Å². The van der Waals surface area contributed by atoms with Crippen LogP contribution in [-0.2, 0) is 16.1 Å². The highest BCUT2D eigenvalue weighted by molar-refractivity contribution is 6.33. The maximum atomic E-state index is 13.8. The van der Waals surface area contributed by atoms with Crippen molar-refractivity contribution in [3.05, 3.63) is 93.0 Å². The number of piperidine rings is 2. The Hall–Kier alpha value is -5.76. The lowest BCUT2D eigenvalue weighted by Crippen LogP contribution is -2.74. The van der Waals surface area contributed by atoms with Gasteiger partial charge in [0.05, 0.1) is 40.5 Å². The number of halogens is 1. The van der Waals surface area contributed by atoms with Gasteiger partial charge < -0.3 is 19.4 Å². The minimum absolute atomic E-state index is 0.0229. The standard InChI is InChI=1S/C46H46ClN7O6/c1-45(2)43(46(3,4)44(45)60-30-10-13-35(48-5)34(47)21-30)53-25-36-32(40(53)57)11-8-28(49-36)7-6-26-16-18-51(19-17-26)22-27-23-52(24-27)29-9-12-31-33(20-29)42(59)54(41(31)58)37-14-15-38(55)50-39(37)56/h8-13,20-21,26-27,37,43-44H,14-19,22-25H2,1-4H3,(H,50,55,56). The van der Waals surface area contributed by atoms with Crippen LogP contribution in [0.5, 0.6) is 5.75 Å². The molecule has 5 aliphatic heterocycles. The summed E-state index contributed by atoms with van der Waals surface area (Å²) in [6, 6.07) is 13.1. The summed E-state index contributed by atoms with van der Waals surface area (Å²) in [6.07, 6.45) is 1.97. The highest BCUT2D eigenvalue weighted by Gasteiger charge is 2.67. The molecule has 13 nitrogen and oxygen atoms in total. The van der Waals surface area contributed by atoms with Gasteiger partial charge >= 0.3 is 0 Å². The number of benzene rings is 2.